The summed E-state index contributed by atoms with van der Waals surface area (Å²) in [5, 5.41) is 3.56. The van der Waals surface area contributed by atoms with Gasteiger partial charge in [0.1, 0.15) is 11.9 Å². The van der Waals surface area contributed by atoms with Crippen molar-refractivity contribution < 1.29 is 14.0 Å². The number of rotatable bonds is 8. The Kier molecular flexibility index (Phi) is 8.47. The maximum atomic E-state index is 14.2. The molecule has 0 unspecified atom stereocenters. The predicted molar refractivity (Wildman–Crippen MR) is 114 cm³/mol. The van der Waals surface area contributed by atoms with Gasteiger partial charge in [0.25, 0.3) is 0 Å². The first-order valence-corrected chi connectivity index (χ1v) is 10.2. The first-order chi connectivity index (χ1) is 13.7. The Balaban J connectivity index is 2.29. The van der Waals surface area contributed by atoms with Crippen LogP contribution < -0.4 is 5.32 Å². The van der Waals surface area contributed by atoms with Gasteiger partial charge >= 0.3 is 0 Å². The van der Waals surface area contributed by atoms with E-state index in [-0.39, 0.29) is 30.7 Å². The lowest BCUT2D eigenvalue weighted by Gasteiger charge is -2.29. The number of hydrogen-bond donors (Lipinski definition) is 1. The SMILES string of the molecule is CC(C)CNC(=O)[C@@H](C)N(Cc1ccccc1F)C(=O)Cc1c(Cl)cccc1Cl. The van der Waals surface area contributed by atoms with Crippen LogP contribution in [-0.4, -0.2) is 29.3 Å². The summed E-state index contributed by atoms with van der Waals surface area (Å²) >= 11 is 12.4. The Morgan fingerprint density at radius 2 is 1.66 bits per heavy atom. The second-order valence-corrected chi connectivity index (χ2v) is 8.12. The van der Waals surface area contributed by atoms with Crippen LogP contribution in [0.4, 0.5) is 4.39 Å². The van der Waals surface area contributed by atoms with Crippen molar-refractivity contribution in [1.82, 2.24) is 10.2 Å². The number of nitrogens with one attached hydrogen (secondary N) is 1. The minimum Gasteiger partial charge on any atom is -0.354 e. The van der Waals surface area contributed by atoms with E-state index in [1.165, 1.54) is 11.0 Å². The molecule has 0 aromatic heterocycles. The summed E-state index contributed by atoms with van der Waals surface area (Å²) in [6, 6.07) is 10.4. The molecule has 0 aliphatic carbocycles. The topological polar surface area (TPSA) is 49.4 Å². The molecule has 0 saturated carbocycles. The highest BCUT2D eigenvalue weighted by atomic mass is 35.5. The van der Waals surface area contributed by atoms with Crippen molar-refractivity contribution in [2.75, 3.05) is 6.54 Å². The first kappa shape index (κ1) is 23.2. The van der Waals surface area contributed by atoms with Crippen LogP contribution in [0.15, 0.2) is 42.5 Å². The van der Waals surface area contributed by atoms with Crippen molar-refractivity contribution in [3.05, 3.63) is 69.5 Å². The molecule has 7 heteroatoms. The Hall–Kier alpha value is -2.11. The quantitative estimate of drug-likeness (QED) is 0.639. The molecule has 29 heavy (non-hydrogen) atoms. The molecule has 0 fully saturated rings. The molecule has 2 aromatic rings. The van der Waals surface area contributed by atoms with Crippen LogP contribution in [0.3, 0.4) is 0 Å². The molecule has 1 N–H and O–H groups in total. The Morgan fingerprint density at radius 3 is 2.24 bits per heavy atom. The molecule has 0 aliphatic heterocycles. The number of hydrogen-bond acceptors (Lipinski definition) is 2. The maximum absolute atomic E-state index is 14.2. The van der Waals surface area contributed by atoms with Crippen molar-refractivity contribution in [2.24, 2.45) is 5.92 Å². The molecule has 1 atom stereocenters. The van der Waals surface area contributed by atoms with E-state index in [2.05, 4.69) is 5.32 Å². The summed E-state index contributed by atoms with van der Waals surface area (Å²) in [4.78, 5) is 27.1. The van der Waals surface area contributed by atoms with Crippen molar-refractivity contribution in [1.29, 1.82) is 0 Å². The van der Waals surface area contributed by atoms with Crippen LogP contribution in [0, 0.1) is 11.7 Å². The van der Waals surface area contributed by atoms with Crippen LogP contribution in [0.1, 0.15) is 31.9 Å². The maximum Gasteiger partial charge on any atom is 0.242 e. The molecule has 2 aromatic carbocycles. The smallest absolute Gasteiger partial charge is 0.242 e. The second kappa shape index (κ2) is 10.6. The normalized spacial score (nSPS) is 12.0. The molecule has 0 bridgehead atoms. The van der Waals surface area contributed by atoms with Crippen molar-refractivity contribution in [3.63, 3.8) is 0 Å². The van der Waals surface area contributed by atoms with Crippen molar-refractivity contribution >= 4 is 35.0 Å². The summed E-state index contributed by atoms with van der Waals surface area (Å²) in [6.07, 6.45) is -0.0885. The monoisotopic (exact) mass is 438 g/mol. The number of benzene rings is 2. The van der Waals surface area contributed by atoms with Gasteiger partial charge in [0, 0.05) is 28.7 Å². The number of carbonyl (C=O) groups excluding carboxylic acids is 2. The molecular weight excluding hydrogens is 414 g/mol. The molecular formula is C22H25Cl2FN2O2. The van der Waals surface area contributed by atoms with Gasteiger partial charge in [-0.25, -0.2) is 4.39 Å². The van der Waals surface area contributed by atoms with Crippen LogP contribution in [-0.2, 0) is 22.6 Å². The first-order valence-electron chi connectivity index (χ1n) is 9.44. The van der Waals surface area contributed by atoms with Crippen LogP contribution in [0.25, 0.3) is 0 Å². The fourth-order valence-corrected chi connectivity index (χ4v) is 3.33. The van der Waals surface area contributed by atoms with E-state index in [4.69, 9.17) is 23.2 Å². The van der Waals surface area contributed by atoms with Gasteiger partial charge in [0.05, 0.1) is 6.42 Å². The summed E-state index contributed by atoms with van der Waals surface area (Å²) in [5.74, 6) is -0.830. The van der Waals surface area contributed by atoms with Gasteiger partial charge in [0.2, 0.25) is 11.8 Å². The van der Waals surface area contributed by atoms with Gasteiger partial charge in [-0.15, -0.1) is 0 Å². The number of amides is 2. The Labute approximate surface area is 181 Å². The molecule has 0 radical (unpaired) electrons. The summed E-state index contributed by atoms with van der Waals surface area (Å²) < 4.78 is 14.2. The second-order valence-electron chi connectivity index (χ2n) is 7.31. The highest BCUT2D eigenvalue weighted by molar-refractivity contribution is 6.36. The summed E-state index contributed by atoms with van der Waals surface area (Å²) in [7, 11) is 0. The zero-order chi connectivity index (χ0) is 21.6. The van der Waals surface area contributed by atoms with Gasteiger partial charge in [-0.3, -0.25) is 9.59 Å². The van der Waals surface area contributed by atoms with Gasteiger partial charge in [0.15, 0.2) is 0 Å². The van der Waals surface area contributed by atoms with E-state index in [0.29, 0.717) is 27.7 Å². The van der Waals surface area contributed by atoms with E-state index in [1.54, 1.807) is 43.3 Å². The van der Waals surface area contributed by atoms with Crippen molar-refractivity contribution in [2.45, 2.75) is 39.8 Å². The number of nitrogens with zero attached hydrogens (tertiary/aromatic N) is 1. The zero-order valence-electron chi connectivity index (χ0n) is 16.7. The zero-order valence-corrected chi connectivity index (χ0v) is 18.2. The van der Waals surface area contributed by atoms with Gasteiger partial charge in [-0.1, -0.05) is 61.3 Å². The number of halogens is 3. The molecule has 4 nitrogen and oxygen atoms in total. The highest BCUT2D eigenvalue weighted by Crippen LogP contribution is 2.26. The van der Waals surface area contributed by atoms with Gasteiger partial charge in [-0.05, 0) is 36.6 Å². The minimum atomic E-state index is -0.790. The Bertz CT molecular complexity index is 853. The molecule has 2 amide bonds. The van der Waals surface area contributed by atoms with Crippen molar-refractivity contribution in [3.8, 4) is 0 Å². The van der Waals surface area contributed by atoms with E-state index >= 15 is 0 Å². The van der Waals surface area contributed by atoms with Crippen LogP contribution >= 0.6 is 23.2 Å². The fourth-order valence-electron chi connectivity index (χ4n) is 2.80. The summed E-state index contributed by atoms with van der Waals surface area (Å²) in [6.45, 7) is 6.03. The third-order valence-corrected chi connectivity index (χ3v) is 5.25. The third kappa shape index (κ3) is 6.44. The average molecular weight is 439 g/mol. The van der Waals surface area contributed by atoms with Gasteiger partial charge in [-0.2, -0.15) is 0 Å². The summed E-state index contributed by atoms with van der Waals surface area (Å²) in [5.41, 5.74) is 0.809. The standard InChI is InChI=1S/C22H25Cl2FN2O2/c1-14(2)12-26-22(29)15(3)27(13-16-7-4-5-10-20(16)25)21(28)11-17-18(23)8-6-9-19(17)24/h4-10,14-15H,11-13H2,1-3H3,(H,26,29)/t15-/m1/s1. The lowest BCUT2D eigenvalue weighted by atomic mass is 10.1. The molecule has 156 valence electrons. The lowest BCUT2D eigenvalue weighted by Crippen LogP contribution is -2.48. The molecule has 0 heterocycles. The number of carbonyl (C=O) groups is 2. The molecule has 0 spiro atoms. The molecule has 0 saturated heterocycles. The van der Waals surface area contributed by atoms with E-state index < -0.39 is 11.9 Å². The highest BCUT2D eigenvalue weighted by Gasteiger charge is 2.27. The Morgan fingerprint density at radius 1 is 1.03 bits per heavy atom. The third-order valence-electron chi connectivity index (χ3n) is 4.54. The largest absolute Gasteiger partial charge is 0.354 e. The van der Waals surface area contributed by atoms with Gasteiger partial charge < -0.3 is 10.2 Å². The van der Waals surface area contributed by atoms with E-state index in [0.717, 1.165) is 0 Å². The fraction of sp³-hybridized carbons (Fsp3) is 0.364. The minimum absolute atomic E-state index is 0.0379. The van der Waals surface area contributed by atoms with Crippen LogP contribution in [0.2, 0.25) is 10.0 Å². The average Bonchev–Trinajstić information content (AvgIpc) is 2.67. The van der Waals surface area contributed by atoms with E-state index in [1.807, 2.05) is 13.8 Å². The van der Waals surface area contributed by atoms with E-state index in [9.17, 15) is 14.0 Å². The lowest BCUT2D eigenvalue weighted by molar-refractivity contribution is -0.140. The molecule has 2 rings (SSSR count). The molecule has 0 aliphatic rings. The van der Waals surface area contributed by atoms with Crippen LogP contribution in [0.5, 0.6) is 0 Å². The predicted octanol–water partition coefficient (Wildman–Crippen LogP) is 4.86.